The number of H-pyrrole nitrogens is 1. The Bertz CT molecular complexity index is 822. The highest BCUT2D eigenvalue weighted by atomic mass is 16.5. The van der Waals surface area contributed by atoms with Crippen molar-refractivity contribution in [3.8, 4) is 22.6 Å². The van der Waals surface area contributed by atoms with Gasteiger partial charge in [-0.3, -0.25) is 4.79 Å². The van der Waals surface area contributed by atoms with Crippen LogP contribution in [0.1, 0.15) is 0 Å². The first-order chi connectivity index (χ1) is 9.74. The third kappa shape index (κ3) is 1.80. The third-order valence-electron chi connectivity index (χ3n) is 3.04. The minimum Gasteiger partial charge on any atom is -0.493 e. The molecule has 0 fully saturated rings. The van der Waals surface area contributed by atoms with Crippen LogP contribution in [0.3, 0.4) is 0 Å². The van der Waals surface area contributed by atoms with Gasteiger partial charge in [0, 0.05) is 5.56 Å². The Morgan fingerprint density at radius 3 is 2.75 bits per heavy atom. The van der Waals surface area contributed by atoms with E-state index in [-0.39, 0.29) is 5.56 Å². The summed E-state index contributed by atoms with van der Waals surface area (Å²) in [5.74, 6) is 1.22. The summed E-state index contributed by atoms with van der Waals surface area (Å²) >= 11 is 0. The van der Waals surface area contributed by atoms with E-state index in [4.69, 9.17) is 9.47 Å². The molecule has 1 N–H and O–H groups in total. The molecule has 0 amide bonds. The predicted molar refractivity (Wildman–Crippen MR) is 72.1 cm³/mol. The summed E-state index contributed by atoms with van der Waals surface area (Å²) in [4.78, 5) is 11.9. The normalized spacial score (nSPS) is 10.7. The zero-order valence-electron chi connectivity index (χ0n) is 11.0. The van der Waals surface area contributed by atoms with Crippen molar-refractivity contribution in [2.75, 3.05) is 14.2 Å². The van der Waals surface area contributed by atoms with Gasteiger partial charge < -0.3 is 9.47 Å². The molecule has 7 heteroatoms. The van der Waals surface area contributed by atoms with Crippen molar-refractivity contribution < 1.29 is 9.47 Å². The van der Waals surface area contributed by atoms with E-state index in [1.807, 2.05) is 6.07 Å². The molecular weight excluding hydrogens is 260 g/mol. The number of aromatic amines is 1. The molecule has 0 aliphatic carbocycles. The van der Waals surface area contributed by atoms with Crippen molar-refractivity contribution >= 4 is 5.52 Å². The highest BCUT2D eigenvalue weighted by Crippen LogP contribution is 2.33. The molecule has 0 saturated carbocycles. The van der Waals surface area contributed by atoms with Gasteiger partial charge in [0.15, 0.2) is 11.5 Å². The number of benzene rings is 1. The predicted octanol–water partition coefficient (Wildman–Crippen LogP) is 1.10. The molecule has 102 valence electrons. The maximum absolute atomic E-state index is 11.9. The standard InChI is InChI=1S/C13H12N4O3/c1-19-10-4-3-8(5-11(10)20-2)9-6-15-17-7-14-16-13(18)12(9)17/h3-7H,1-2H3,(H,16,18). The lowest BCUT2D eigenvalue weighted by atomic mass is 10.1. The molecule has 3 aromatic rings. The van der Waals surface area contributed by atoms with Crippen molar-refractivity contribution in [3.05, 3.63) is 41.1 Å². The van der Waals surface area contributed by atoms with Crippen molar-refractivity contribution in [2.24, 2.45) is 0 Å². The number of aromatic nitrogens is 4. The molecule has 0 unspecified atom stereocenters. The van der Waals surface area contributed by atoms with Gasteiger partial charge in [0.1, 0.15) is 11.8 Å². The van der Waals surface area contributed by atoms with E-state index in [0.717, 1.165) is 5.56 Å². The van der Waals surface area contributed by atoms with Gasteiger partial charge in [-0.15, -0.1) is 0 Å². The smallest absolute Gasteiger partial charge is 0.290 e. The fourth-order valence-corrected chi connectivity index (χ4v) is 2.09. The second kappa shape index (κ2) is 4.69. The summed E-state index contributed by atoms with van der Waals surface area (Å²) in [6.45, 7) is 0. The highest BCUT2D eigenvalue weighted by Gasteiger charge is 2.13. The van der Waals surface area contributed by atoms with Crippen LogP contribution < -0.4 is 15.0 Å². The lowest BCUT2D eigenvalue weighted by Crippen LogP contribution is -2.11. The van der Waals surface area contributed by atoms with Gasteiger partial charge in [0.2, 0.25) is 0 Å². The number of methoxy groups -OCH3 is 2. The second-order valence-electron chi connectivity index (χ2n) is 4.11. The monoisotopic (exact) mass is 272 g/mol. The lowest BCUT2D eigenvalue weighted by molar-refractivity contribution is 0.355. The molecule has 2 aromatic heterocycles. The number of ether oxygens (including phenoxy) is 2. The van der Waals surface area contributed by atoms with Crippen LogP contribution in [-0.2, 0) is 0 Å². The van der Waals surface area contributed by atoms with E-state index >= 15 is 0 Å². The first kappa shape index (κ1) is 12.2. The average molecular weight is 272 g/mol. The van der Waals surface area contributed by atoms with Crippen LogP contribution in [0.25, 0.3) is 16.6 Å². The Kier molecular flexibility index (Phi) is 2.86. The van der Waals surface area contributed by atoms with Gasteiger partial charge in [-0.2, -0.15) is 10.2 Å². The largest absolute Gasteiger partial charge is 0.493 e. The minimum absolute atomic E-state index is 0.296. The number of nitrogens with one attached hydrogen (secondary N) is 1. The molecule has 2 heterocycles. The molecule has 20 heavy (non-hydrogen) atoms. The van der Waals surface area contributed by atoms with Crippen molar-refractivity contribution in [2.45, 2.75) is 0 Å². The van der Waals surface area contributed by atoms with Gasteiger partial charge in [0.25, 0.3) is 5.56 Å². The van der Waals surface area contributed by atoms with Crippen LogP contribution in [0.5, 0.6) is 11.5 Å². The fraction of sp³-hybridized carbons (Fsp3) is 0.154. The number of hydrogen-bond acceptors (Lipinski definition) is 5. The first-order valence-electron chi connectivity index (χ1n) is 5.88. The number of rotatable bonds is 3. The maximum atomic E-state index is 11.9. The van der Waals surface area contributed by atoms with E-state index in [0.29, 0.717) is 22.6 Å². The molecule has 0 spiro atoms. The Morgan fingerprint density at radius 2 is 2.00 bits per heavy atom. The molecule has 0 bridgehead atoms. The van der Waals surface area contributed by atoms with Crippen molar-refractivity contribution in [3.63, 3.8) is 0 Å². The molecular formula is C13H12N4O3. The van der Waals surface area contributed by atoms with E-state index in [9.17, 15) is 4.79 Å². The second-order valence-corrected chi connectivity index (χ2v) is 4.11. The summed E-state index contributed by atoms with van der Waals surface area (Å²) in [5, 5.41) is 10.2. The molecule has 0 atom stereocenters. The zero-order chi connectivity index (χ0) is 14.1. The van der Waals surface area contributed by atoms with Gasteiger partial charge >= 0.3 is 0 Å². The Balaban J connectivity index is 2.23. The summed E-state index contributed by atoms with van der Waals surface area (Å²) in [6, 6.07) is 5.43. The average Bonchev–Trinajstić information content (AvgIpc) is 2.92. The van der Waals surface area contributed by atoms with Gasteiger partial charge in [0.05, 0.1) is 20.4 Å². The molecule has 0 aliphatic heterocycles. The summed E-state index contributed by atoms with van der Waals surface area (Å²) in [5.41, 5.74) is 1.66. The van der Waals surface area contributed by atoms with Crippen LogP contribution in [0, 0.1) is 0 Å². The summed E-state index contributed by atoms with van der Waals surface area (Å²) in [7, 11) is 3.14. The molecule has 0 saturated heterocycles. The van der Waals surface area contributed by atoms with Crippen LogP contribution >= 0.6 is 0 Å². The number of fused-ring (bicyclic) bond motifs is 1. The minimum atomic E-state index is -0.296. The Labute approximate surface area is 113 Å². The SMILES string of the molecule is COc1ccc(-c2cnn3cn[nH]c(=O)c23)cc1OC. The highest BCUT2D eigenvalue weighted by molar-refractivity contribution is 5.80. The quantitative estimate of drug-likeness (QED) is 0.772. The summed E-state index contributed by atoms with van der Waals surface area (Å²) in [6.07, 6.45) is 3.06. The van der Waals surface area contributed by atoms with Crippen LogP contribution in [0.2, 0.25) is 0 Å². The topological polar surface area (TPSA) is 81.5 Å². The first-order valence-corrected chi connectivity index (χ1v) is 5.88. The fourth-order valence-electron chi connectivity index (χ4n) is 2.09. The van der Waals surface area contributed by atoms with E-state index in [1.165, 1.54) is 10.8 Å². The molecule has 7 nitrogen and oxygen atoms in total. The van der Waals surface area contributed by atoms with Crippen LogP contribution in [0.4, 0.5) is 0 Å². The third-order valence-corrected chi connectivity index (χ3v) is 3.04. The Morgan fingerprint density at radius 1 is 1.20 bits per heavy atom. The van der Waals surface area contributed by atoms with Gasteiger partial charge in [-0.05, 0) is 17.7 Å². The molecule has 3 rings (SSSR count). The van der Waals surface area contributed by atoms with Crippen LogP contribution in [-0.4, -0.2) is 34.0 Å². The van der Waals surface area contributed by atoms with Crippen molar-refractivity contribution in [1.29, 1.82) is 0 Å². The van der Waals surface area contributed by atoms with E-state index in [2.05, 4.69) is 15.3 Å². The van der Waals surface area contributed by atoms with E-state index < -0.39 is 0 Å². The van der Waals surface area contributed by atoms with Crippen LogP contribution in [0.15, 0.2) is 35.5 Å². The Hall–Kier alpha value is -2.83. The lowest BCUT2D eigenvalue weighted by Gasteiger charge is -2.08. The zero-order valence-corrected chi connectivity index (χ0v) is 11.0. The molecule has 0 radical (unpaired) electrons. The molecule has 1 aromatic carbocycles. The summed E-state index contributed by atoms with van der Waals surface area (Å²) < 4.78 is 11.9. The number of nitrogens with zero attached hydrogens (tertiary/aromatic N) is 3. The molecule has 0 aliphatic rings. The van der Waals surface area contributed by atoms with E-state index in [1.54, 1.807) is 32.5 Å². The maximum Gasteiger partial charge on any atom is 0.290 e. The van der Waals surface area contributed by atoms with Gasteiger partial charge in [-0.1, -0.05) is 6.07 Å². The number of hydrogen-bond donors (Lipinski definition) is 1. The van der Waals surface area contributed by atoms with Crippen molar-refractivity contribution in [1.82, 2.24) is 19.8 Å². The van der Waals surface area contributed by atoms with Gasteiger partial charge in [-0.25, -0.2) is 9.61 Å².